The Labute approximate surface area is 138 Å². The highest BCUT2D eigenvalue weighted by molar-refractivity contribution is 5.95. The van der Waals surface area contributed by atoms with Crippen molar-refractivity contribution in [2.45, 2.75) is 51.1 Å². The van der Waals surface area contributed by atoms with E-state index < -0.39 is 36.0 Å². The van der Waals surface area contributed by atoms with E-state index in [9.17, 15) is 19.2 Å². The van der Waals surface area contributed by atoms with Crippen molar-refractivity contribution in [1.82, 2.24) is 0 Å². The van der Waals surface area contributed by atoms with Crippen LogP contribution in [0.2, 0.25) is 0 Å². The van der Waals surface area contributed by atoms with Crippen molar-refractivity contribution >= 4 is 23.9 Å². The summed E-state index contributed by atoms with van der Waals surface area (Å²) in [4.78, 5) is 47.0. The van der Waals surface area contributed by atoms with Crippen LogP contribution in [0.4, 0.5) is 0 Å². The maximum Gasteiger partial charge on any atom is 0.463 e. The van der Waals surface area contributed by atoms with Gasteiger partial charge in [0.15, 0.2) is 0 Å². The first-order valence-corrected chi connectivity index (χ1v) is 7.71. The molecule has 8 heteroatoms. The maximum atomic E-state index is 11.8. The Balaban J connectivity index is 2.29. The minimum atomic E-state index is -2.43. The molecule has 0 aliphatic carbocycles. The number of hydrogen-bond acceptors (Lipinski definition) is 8. The Hall–Kier alpha value is -2.64. The van der Waals surface area contributed by atoms with Gasteiger partial charge in [0.1, 0.15) is 0 Å². The first kappa shape index (κ1) is 17.7. The molecule has 0 N–H and O–H groups in total. The van der Waals surface area contributed by atoms with Crippen molar-refractivity contribution in [3.63, 3.8) is 0 Å². The van der Waals surface area contributed by atoms with E-state index in [1.165, 1.54) is 0 Å². The SMILES string of the molecule is CCCCCCC1OC(=O)/C=C/C(=O)OC12OC(=O)C=CC(=O)O2. The van der Waals surface area contributed by atoms with Crippen LogP contribution >= 0.6 is 0 Å². The van der Waals surface area contributed by atoms with Gasteiger partial charge in [0, 0.05) is 24.3 Å². The fourth-order valence-electron chi connectivity index (χ4n) is 2.30. The number of carbonyl (C=O) groups excluding carboxylic acids is 4. The summed E-state index contributed by atoms with van der Waals surface area (Å²) >= 11 is 0. The second-order valence-corrected chi connectivity index (χ2v) is 5.31. The molecule has 2 rings (SSSR count). The van der Waals surface area contributed by atoms with Gasteiger partial charge in [-0.15, -0.1) is 0 Å². The lowest BCUT2D eigenvalue weighted by Gasteiger charge is -2.35. The first-order valence-electron chi connectivity index (χ1n) is 7.71. The van der Waals surface area contributed by atoms with E-state index in [0.717, 1.165) is 43.6 Å². The quantitative estimate of drug-likeness (QED) is 0.545. The van der Waals surface area contributed by atoms with E-state index in [1.807, 2.05) is 6.92 Å². The molecule has 0 saturated heterocycles. The summed E-state index contributed by atoms with van der Waals surface area (Å²) in [5.41, 5.74) is 0. The largest absolute Gasteiger partial charge is 0.463 e. The fourth-order valence-corrected chi connectivity index (χ4v) is 2.30. The molecule has 2 aliphatic heterocycles. The molecule has 0 saturated carbocycles. The maximum absolute atomic E-state index is 11.8. The zero-order valence-corrected chi connectivity index (χ0v) is 13.2. The average Bonchev–Trinajstić information content (AvgIpc) is 2.66. The van der Waals surface area contributed by atoms with Gasteiger partial charge in [-0.05, 0) is 12.8 Å². The molecule has 1 unspecified atom stereocenters. The molecular formula is C16H18O8. The van der Waals surface area contributed by atoms with Crippen molar-refractivity contribution in [1.29, 1.82) is 0 Å². The van der Waals surface area contributed by atoms with Gasteiger partial charge in [-0.1, -0.05) is 26.2 Å². The van der Waals surface area contributed by atoms with E-state index >= 15 is 0 Å². The van der Waals surface area contributed by atoms with Crippen LogP contribution in [0.1, 0.15) is 39.0 Å². The third kappa shape index (κ3) is 4.43. The van der Waals surface area contributed by atoms with Gasteiger partial charge in [-0.2, -0.15) is 0 Å². The molecule has 1 spiro atoms. The van der Waals surface area contributed by atoms with Crippen LogP contribution in [0, 0.1) is 0 Å². The van der Waals surface area contributed by atoms with Crippen LogP contribution in [0.25, 0.3) is 0 Å². The van der Waals surface area contributed by atoms with Crippen LogP contribution in [0.3, 0.4) is 0 Å². The van der Waals surface area contributed by atoms with Crippen molar-refractivity contribution < 1.29 is 38.1 Å². The smallest absolute Gasteiger partial charge is 0.446 e. The Morgan fingerprint density at radius 1 is 0.792 bits per heavy atom. The molecule has 0 aromatic rings. The Morgan fingerprint density at radius 3 is 1.79 bits per heavy atom. The number of hydrogen-bond donors (Lipinski definition) is 0. The molecule has 2 heterocycles. The average molecular weight is 338 g/mol. The highest BCUT2D eigenvalue weighted by atomic mass is 16.9. The minimum Gasteiger partial charge on any atom is -0.446 e. The van der Waals surface area contributed by atoms with Gasteiger partial charge < -0.3 is 18.9 Å². The van der Waals surface area contributed by atoms with Crippen molar-refractivity contribution in [2.75, 3.05) is 0 Å². The summed E-state index contributed by atoms with van der Waals surface area (Å²) in [5, 5.41) is 0. The van der Waals surface area contributed by atoms with Crippen molar-refractivity contribution in [2.24, 2.45) is 0 Å². The molecule has 0 amide bonds. The Morgan fingerprint density at radius 2 is 1.29 bits per heavy atom. The monoisotopic (exact) mass is 338 g/mol. The van der Waals surface area contributed by atoms with Gasteiger partial charge in [-0.3, -0.25) is 0 Å². The van der Waals surface area contributed by atoms with Gasteiger partial charge in [0.2, 0.25) is 6.10 Å². The van der Waals surface area contributed by atoms with Crippen LogP contribution in [-0.2, 0) is 38.1 Å². The molecular weight excluding hydrogens is 320 g/mol. The predicted octanol–water partition coefficient (Wildman–Crippen LogP) is 1.29. The van der Waals surface area contributed by atoms with Crippen LogP contribution in [0.15, 0.2) is 24.3 Å². The summed E-state index contributed by atoms with van der Waals surface area (Å²) < 4.78 is 20.2. The van der Waals surface area contributed by atoms with Crippen molar-refractivity contribution in [3.05, 3.63) is 24.3 Å². The van der Waals surface area contributed by atoms with E-state index in [2.05, 4.69) is 0 Å². The molecule has 0 radical (unpaired) electrons. The number of rotatable bonds is 5. The fraction of sp³-hybridized carbons (Fsp3) is 0.500. The molecule has 24 heavy (non-hydrogen) atoms. The number of carbonyl (C=O) groups is 4. The van der Waals surface area contributed by atoms with E-state index in [0.29, 0.717) is 6.42 Å². The number of ether oxygens (including phenoxy) is 4. The zero-order valence-electron chi connectivity index (χ0n) is 13.2. The predicted molar refractivity (Wildman–Crippen MR) is 77.9 cm³/mol. The van der Waals surface area contributed by atoms with Crippen LogP contribution in [0.5, 0.6) is 0 Å². The van der Waals surface area contributed by atoms with E-state index in [-0.39, 0.29) is 6.42 Å². The summed E-state index contributed by atoms with van der Waals surface area (Å²) in [6, 6.07) is 0. The van der Waals surface area contributed by atoms with Gasteiger partial charge in [-0.25, -0.2) is 19.2 Å². The van der Waals surface area contributed by atoms with Crippen LogP contribution < -0.4 is 0 Å². The lowest BCUT2D eigenvalue weighted by Crippen LogP contribution is -2.54. The molecule has 0 aromatic carbocycles. The summed E-state index contributed by atoms with van der Waals surface area (Å²) in [5.74, 6) is -6.15. The lowest BCUT2D eigenvalue weighted by molar-refractivity contribution is -0.359. The number of unbranched alkanes of at least 4 members (excludes halogenated alkanes) is 3. The normalized spacial score (nSPS) is 24.1. The minimum absolute atomic E-state index is 0.188. The van der Waals surface area contributed by atoms with E-state index in [4.69, 9.17) is 18.9 Å². The highest BCUT2D eigenvalue weighted by Crippen LogP contribution is 2.31. The standard InChI is InChI=1S/C16H18O8/c1-2-3-4-5-6-11-16(22-13(18)8-7-12(17)21-11)23-14(19)9-10-15(20)24-16/h7-11H,2-6H2,1H3/b8-7+. The Kier molecular flexibility index (Phi) is 5.73. The first-order chi connectivity index (χ1) is 11.4. The summed E-state index contributed by atoms with van der Waals surface area (Å²) in [6.45, 7) is 2.03. The summed E-state index contributed by atoms with van der Waals surface area (Å²) in [6.07, 6.45) is 5.67. The molecule has 0 fully saturated rings. The topological polar surface area (TPSA) is 105 Å². The molecule has 130 valence electrons. The second kappa shape index (κ2) is 7.76. The van der Waals surface area contributed by atoms with Gasteiger partial charge >= 0.3 is 29.9 Å². The summed E-state index contributed by atoms with van der Waals surface area (Å²) in [7, 11) is 0. The molecule has 0 bridgehead atoms. The number of esters is 4. The lowest BCUT2D eigenvalue weighted by atomic mass is 10.1. The van der Waals surface area contributed by atoms with Crippen LogP contribution in [-0.4, -0.2) is 36.0 Å². The second-order valence-electron chi connectivity index (χ2n) is 5.31. The Bertz CT molecular complexity index is 569. The third-order valence-electron chi connectivity index (χ3n) is 3.41. The zero-order chi connectivity index (χ0) is 17.6. The number of cyclic esters (lactones) is 1. The molecule has 8 nitrogen and oxygen atoms in total. The molecule has 1 atom stereocenters. The molecule has 2 aliphatic rings. The van der Waals surface area contributed by atoms with Gasteiger partial charge in [0.05, 0.1) is 0 Å². The van der Waals surface area contributed by atoms with Gasteiger partial charge in [0.25, 0.3) is 0 Å². The third-order valence-corrected chi connectivity index (χ3v) is 3.41. The van der Waals surface area contributed by atoms with E-state index in [1.54, 1.807) is 0 Å². The highest BCUT2D eigenvalue weighted by Gasteiger charge is 2.54. The molecule has 0 aromatic heterocycles. The van der Waals surface area contributed by atoms with Crippen molar-refractivity contribution in [3.8, 4) is 0 Å².